The van der Waals surface area contributed by atoms with Crippen LogP contribution in [0.1, 0.15) is 37.3 Å². The minimum atomic E-state index is -5.08. The van der Waals surface area contributed by atoms with E-state index in [0.29, 0.717) is 28.7 Å². The van der Waals surface area contributed by atoms with Crippen molar-refractivity contribution < 1.29 is 27.9 Å². The lowest BCUT2D eigenvalue weighted by Gasteiger charge is -2.29. The van der Waals surface area contributed by atoms with Crippen LogP contribution in [0.3, 0.4) is 0 Å². The second kappa shape index (κ2) is 12.9. The van der Waals surface area contributed by atoms with Gasteiger partial charge in [-0.1, -0.05) is 23.2 Å². The van der Waals surface area contributed by atoms with Crippen molar-refractivity contribution in [1.82, 2.24) is 10.2 Å². The molecule has 4 rings (SSSR count). The van der Waals surface area contributed by atoms with Crippen LogP contribution in [0.5, 0.6) is 0 Å². The van der Waals surface area contributed by atoms with Crippen molar-refractivity contribution in [2.45, 2.75) is 57.9 Å². The van der Waals surface area contributed by atoms with Crippen molar-refractivity contribution in [1.29, 1.82) is 0 Å². The van der Waals surface area contributed by atoms with Gasteiger partial charge in [0, 0.05) is 53.1 Å². The summed E-state index contributed by atoms with van der Waals surface area (Å²) >= 11 is 12.0. The molecular weight excluding hydrogens is 544 g/mol. The number of halogens is 5. The van der Waals surface area contributed by atoms with Gasteiger partial charge in [0.15, 0.2) is 0 Å². The zero-order chi connectivity index (χ0) is 28.0. The highest BCUT2D eigenvalue weighted by Gasteiger charge is 2.38. The van der Waals surface area contributed by atoms with Gasteiger partial charge in [0.1, 0.15) is 0 Å². The number of carboxylic acid groups (broad SMARTS) is 1. The number of nitrogens with one attached hydrogen (secondary N) is 2. The summed E-state index contributed by atoms with van der Waals surface area (Å²) in [6, 6.07) is 12.5. The summed E-state index contributed by atoms with van der Waals surface area (Å²) in [6.07, 6.45) is -1.22. The summed E-state index contributed by atoms with van der Waals surface area (Å²) in [4.78, 5) is 26.4. The molecule has 0 spiro atoms. The number of carbonyl (C=O) groups excluding carboxylic acids is 1. The van der Waals surface area contributed by atoms with Crippen molar-refractivity contribution in [3.8, 4) is 0 Å². The number of carboxylic acids is 1. The monoisotopic (exact) mass is 574 g/mol. The summed E-state index contributed by atoms with van der Waals surface area (Å²) < 4.78 is 31.7. The fourth-order valence-corrected chi connectivity index (χ4v) is 5.46. The van der Waals surface area contributed by atoms with E-state index in [9.17, 15) is 18.0 Å². The number of urea groups is 1. The van der Waals surface area contributed by atoms with Gasteiger partial charge in [0.2, 0.25) is 0 Å². The first-order valence-corrected chi connectivity index (χ1v) is 13.0. The Bertz CT molecular complexity index is 1130. The molecule has 2 unspecified atom stereocenters. The number of likely N-dealkylation sites (tertiary alicyclic amines) is 1. The lowest BCUT2D eigenvalue weighted by atomic mass is 10.1. The third-order valence-electron chi connectivity index (χ3n) is 6.65. The fraction of sp³-hybridized carbons (Fsp3) is 0.462. The predicted octanol–water partition coefficient (Wildman–Crippen LogP) is 6.32. The quantitative estimate of drug-likeness (QED) is 0.389. The SMILES string of the molecule is Cc1cc(NC(=O)NCc2cc(Cl)cc(Cl)c2)ccc1N1CCC(N2CCCC2C)C1.O=C(O)C(F)(F)F. The molecule has 208 valence electrons. The Morgan fingerprint density at radius 1 is 1.08 bits per heavy atom. The molecule has 2 aromatic carbocycles. The molecule has 0 aliphatic carbocycles. The van der Waals surface area contributed by atoms with E-state index in [1.807, 2.05) is 12.1 Å². The molecule has 2 heterocycles. The molecule has 2 amide bonds. The average molecular weight is 575 g/mol. The first kappa shape index (κ1) is 29.9. The Hall–Kier alpha value is -2.69. The van der Waals surface area contributed by atoms with Gasteiger partial charge in [-0.15, -0.1) is 0 Å². The molecule has 2 aliphatic heterocycles. The van der Waals surface area contributed by atoms with Crippen LogP contribution in [0.15, 0.2) is 36.4 Å². The molecule has 0 aromatic heterocycles. The van der Waals surface area contributed by atoms with Crippen molar-refractivity contribution >= 4 is 46.6 Å². The molecular formula is C26H31Cl2F3N4O3. The number of anilines is 2. The van der Waals surface area contributed by atoms with Gasteiger partial charge in [-0.05, 0) is 87.2 Å². The van der Waals surface area contributed by atoms with Crippen LogP contribution < -0.4 is 15.5 Å². The van der Waals surface area contributed by atoms with Crippen LogP contribution >= 0.6 is 23.2 Å². The normalized spacial score (nSPS) is 19.6. The molecule has 2 fully saturated rings. The Morgan fingerprint density at radius 3 is 2.29 bits per heavy atom. The Balaban J connectivity index is 0.000000505. The first-order chi connectivity index (χ1) is 17.8. The first-order valence-electron chi connectivity index (χ1n) is 12.2. The standard InChI is InChI=1S/C24H30Cl2N4O.C2HF3O2/c1-16-10-21(28-24(31)27-14-18-11-19(25)13-20(26)12-18)5-6-23(16)29-9-7-22(15-29)30-8-3-4-17(30)2;3-2(4,5)1(6)7/h5-6,10-13,17,22H,3-4,7-9,14-15H2,1-2H3,(H2,27,28,31);(H,6,7). The number of alkyl halides is 3. The van der Waals surface area contributed by atoms with Gasteiger partial charge in [0.05, 0.1) is 0 Å². The van der Waals surface area contributed by atoms with E-state index in [1.165, 1.54) is 37.1 Å². The highest BCUT2D eigenvalue weighted by molar-refractivity contribution is 6.34. The third-order valence-corrected chi connectivity index (χ3v) is 7.09. The van der Waals surface area contributed by atoms with E-state index in [-0.39, 0.29) is 6.03 Å². The number of amides is 2. The number of hydrogen-bond donors (Lipinski definition) is 3. The zero-order valence-electron chi connectivity index (χ0n) is 21.1. The van der Waals surface area contributed by atoms with E-state index in [1.54, 1.807) is 18.2 Å². The Kier molecular flexibility index (Phi) is 10.1. The maximum atomic E-state index is 12.3. The fourth-order valence-electron chi connectivity index (χ4n) is 4.89. The van der Waals surface area contributed by atoms with E-state index >= 15 is 0 Å². The van der Waals surface area contributed by atoms with Crippen molar-refractivity contribution in [3.05, 3.63) is 57.6 Å². The maximum Gasteiger partial charge on any atom is 0.490 e. The topological polar surface area (TPSA) is 84.9 Å². The highest BCUT2D eigenvalue weighted by Crippen LogP contribution is 2.31. The maximum absolute atomic E-state index is 12.3. The van der Waals surface area contributed by atoms with Gasteiger partial charge in [-0.25, -0.2) is 9.59 Å². The highest BCUT2D eigenvalue weighted by atomic mass is 35.5. The molecule has 0 bridgehead atoms. The van der Waals surface area contributed by atoms with Gasteiger partial charge >= 0.3 is 18.2 Å². The number of rotatable bonds is 5. The lowest BCUT2D eigenvalue weighted by molar-refractivity contribution is -0.192. The number of aliphatic carboxylic acids is 1. The summed E-state index contributed by atoms with van der Waals surface area (Å²) in [6.45, 7) is 8.22. The summed E-state index contributed by atoms with van der Waals surface area (Å²) in [5.41, 5.74) is 4.07. The predicted molar refractivity (Wildman–Crippen MR) is 143 cm³/mol. The van der Waals surface area contributed by atoms with Crippen LogP contribution in [-0.2, 0) is 11.3 Å². The summed E-state index contributed by atoms with van der Waals surface area (Å²) in [5, 5.41) is 14.0. The molecule has 0 radical (unpaired) electrons. The van der Waals surface area contributed by atoms with E-state index in [2.05, 4.69) is 40.3 Å². The summed E-state index contributed by atoms with van der Waals surface area (Å²) in [5.74, 6) is -2.76. The van der Waals surface area contributed by atoms with Crippen molar-refractivity contribution in [2.75, 3.05) is 29.9 Å². The molecule has 0 saturated carbocycles. The minimum absolute atomic E-state index is 0.257. The molecule has 2 aliphatic rings. The van der Waals surface area contributed by atoms with Crippen molar-refractivity contribution in [2.24, 2.45) is 0 Å². The van der Waals surface area contributed by atoms with E-state index in [4.69, 9.17) is 33.1 Å². The molecule has 38 heavy (non-hydrogen) atoms. The number of aryl methyl sites for hydroxylation is 1. The van der Waals surface area contributed by atoms with Crippen LogP contribution in [-0.4, -0.2) is 59.9 Å². The number of hydrogen-bond acceptors (Lipinski definition) is 4. The number of carbonyl (C=O) groups is 2. The molecule has 7 nitrogen and oxygen atoms in total. The van der Waals surface area contributed by atoms with E-state index in [0.717, 1.165) is 24.3 Å². The molecule has 3 N–H and O–H groups in total. The largest absolute Gasteiger partial charge is 0.490 e. The summed E-state index contributed by atoms with van der Waals surface area (Å²) in [7, 11) is 0. The average Bonchev–Trinajstić information content (AvgIpc) is 3.46. The number of nitrogens with zero attached hydrogens (tertiary/aromatic N) is 2. The van der Waals surface area contributed by atoms with E-state index < -0.39 is 12.1 Å². The molecule has 2 aromatic rings. The van der Waals surface area contributed by atoms with Crippen LogP contribution in [0.2, 0.25) is 10.0 Å². The second-order valence-electron chi connectivity index (χ2n) is 9.51. The Morgan fingerprint density at radius 2 is 1.74 bits per heavy atom. The smallest absolute Gasteiger partial charge is 0.475 e. The molecule has 12 heteroatoms. The van der Waals surface area contributed by atoms with Crippen molar-refractivity contribution in [3.63, 3.8) is 0 Å². The second-order valence-corrected chi connectivity index (χ2v) is 10.4. The van der Waals surface area contributed by atoms with Gasteiger partial charge < -0.3 is 20.6 Å². The zero-order valence-corrected chi connectivity index (χ0v) is 22.6. The third kappa shape index (κ3) is 8.41. The minimum Gasteiger partial charge on any atom is -0.475 e. The van der Waals surface area contributed by atoms with Gasteiger partial charge in [-0.2, -0.15) is 13.2 Å². The van der Waals surface area contributed by atoms with Crippen LogP contribution in [0.4, 0.5) is 29.3 Å². The van der Waals surface area contributed by atoms with Gasteiger partial charge in [0.25, 0.3) is 0 Å². The van der Waals surface area contributed by atoms with Crippen LogP contribution in [0, 0.1) is 6.92 Å². The number of benzene rings is 2. The molecule has 2 atom stereocenters. The van der Waals surface area contributed by atoms with Gasteiger partial charge in [-0.3, -0.25) is 4.90 Å². The molecule has 2 saturated heterocycles. The Labute approximate surface area is 229 Å². The van der Waals surface area contributed by atoms with Crippen LogP contribution in [0.25, 0.3) is 0 Å². The lowest BCUT2D eigenvalue weighted by Crippen LogP contribution is -2.39.